The first-order valence-electron chi connectivity index (χ1n) is 8.35. The lowest BCUT2D eigenvalue weighted by atomic mass is 10.1. The fraction of sp³-hybridized carbons (Fsp3) is 0.0476. The molecular formula is C21H15N5S. The normalized spacial score (nSPS) is 10.4. The molecule has 0 radical (unpaired) electrons. The van der Waals surface area contributed by atoms with Crippen LogP contribution in [-0.2, 0) is 0 Å². The summed E-state index contributed by atoms with van der Waals surface area (Å²) in [5, 5.41) is 13.0. The number of aromatic nitrogens is 3. The van der Waals surface area contributed by atoms with Gasteiger partial charge in [0.05, 0.1) is 22.2 Å². The molecule has 4 rings (SSSR count). The van der Waals surface area contributed by atoms with Gasteiger partial charge in [-0.25, -0.2) is 15.0 Å². The summed E-state index contributed by atoms with van der Waals surface area (Å²) in [6.45, 7) is 2.00. The van der Waals surface area contributed by atoms with E-state index in [9.17, 15) is 0 Å². The van der Waals surface area contributed by atoms with Gasteiger partial charge in [-0.3, -0.25) is 0 Å². The lowest BCUT2D eigenvalue weighted by molar-refractivity contribution is 1.23. The SMILES string of the molecule is Cc1ccc(Nc2cccc(-c3cnc(-c4ccc(C#N)cc4)s3)n2)nc1. The van der Waals surface area contributed by atoms with Crippen LogP contribution in [0.5, 0.6) is 0 Å². The van der Waals surface area contributed by atoms with Gasteiger partial charge in [0.25, 0.3) is 0 Å². The predicted molar refractivity (Wildman–Crippen MR) is 108 cm³/mol. The van der Waals surface area contributed by atoms with Crippen LogP contribution in [0.15, 0.2) is 67.0 Å². The van der Waals surface area contributed by atoms with Crippen molar-refractivity contribution in [3.8, 4) is 27.2 Å². The van der Waals surface area contributed by atoms with E-state index in [0.29, 0.717) is 5.56 Å². The van der Waals surface area contributed by atoms with Crippen LogP contribution in [0.25, 0.3) is 21.1 Å². The number of aryl methyl sites for hydroxylation is 1. The standard InChI is InChI=1S/C21H15N5S/c1-14-5-10-19(23-12-14)26-20-4-2-3-17(25-20)18-13-24-21(27-18)16-8-6-15(11-22)7-9-16/h2-10,12-13H,1H3,(H,23,25,26). The van der Waals surface area contributed by atoms with Crippen LogP contribution in [0, 0.1) is 18.3 Å². The van der Waals surface area contributed by atoms with Crippen LogP contribution in [0.2, 0.25) is 0 Å². The Morgan fingerprint density at radius 3 is 2.52 bits per heavy atom. The van der Waals surface area contributed by atoms with Crippen LogP contribution in [0.4, 0.5) is 11.6 Å². The molecule has 1 aromatic carbocycles. The minimum atomic E-state index is 0.640. The topological polar surface area (TPSA) is 74.5 Å². The number of anilines is 2. The average molecular weight is 369 g/mol. The third kappa shape index (κ3) is 3.84. The number of hydrogen-bond donors (Lipinski definition) is 1. The number of pyridine rings is 2. The largest absolute Gasteiger partial charge is 0.325 e. The minimum absolute atomic E-state index is 0.640. The first-order valence-corrected chi connectivity index (χ1v) is 9.16. The van der Waals surface area contributed by atoms with Gasteiger partial charge in [0, 0.05) is 18.0 Å². The molecule has 5 nitrogen and oxygen atoms in total. The Labute approximate surface area is 161 Å². The number of hydrogen-bond acceptors (Lipinski definition) is 6. The number of nitrogens with one attached hydrogen (secondary N) is 1. The zero-order valence-electron chi connectivity index (χ0n) is 14.5. The third-order valence-electron chi connectivity index (χ3n) is 3.94. The number of nitrogens with zero attached hydrogens (tertiary/aromatic N) is 4. The summed E-state index contributed by atoms with van der Waals surface area (Å²) < 4.78 is 0. The summed E-state index contributed by atoms with van der Waals surface area (Å²) in [6, 6.07) is 19.3. The molecule has 0 saturated heterocycles. The third-order valence-corrected chi connectivity index (χ3v) is 5.00. The van der Waals surface area contributed by atoms with Gasteiger partial charge in [-0.2, -0.15) is 5.26 Å². The number of rotatable bonds is 4. The smallest absolute Gasteiger partial charge is 0.132 e. The van der Waals surface area contributed by atoms with E-state index in [1.807, 2.05) is 61.8 Å². The second-order valence-electron chi connectivity index (χ2n) is 5.97. The fourth-order valence-electron chi connectivity index (χ4n) is 2.53. The molecule has 0 saturated carbocycles. The predicted octanol–water partition coefficient (Wildman–Crippen LogP) is 5.19. The maximum atomic E-state index is 8.92. The molecule has 0 aliphatic rings. The van der Waals surface area contributed by atoms with E-state index in [2.05, 4.69) is 26.3 Å². The number of benzene rings is 1. The van der Waals surface area contributed by atoms with Gasteiger partial charge in [-0.05, 0) is 42.8 Å². The van der Waals surface area contributed by atoms with Gasteiger partial charge in [-0.15, -0.1) is 11.3 Å². The Kier molecular flexibility index (Phi) is 4.60. The van der Waals surface area contributed by atoms with Gasteiger partial charge in [0.2, 0.25) is 0 Å². The van der Waals surface area contributed by atoms with Crippen molar-refractivity contribution in [1.29, 1.82) is 5.26 Å². The number of thiazole rings is 1. The maximum Gasteiger partial charge on any atom is 0.132 e. The van der Waals surface area contributed by atoms with Gasteiger partial charge in [-0.1, -0.05) is 24.3 Å². The molecule has 0 fully saturated rings. The lowest BCUT2D eigenvalue weighted by Crippen LogP contribution is -1.96. The van der Waals surface area contributed by atoms with Crippen molar-refractivity contribution in [2.75, 3.05) is 5.32 Å². The second-order valence-corrected chi connectivity index (χ2v) is 7.00. The van der Waals surface area contributed by atoms with Gasteiger partial charge in [0.1, 0.15) is 16.6 Å². The molecule has 27 heavy (non-hydrogen) atoms. The van der Waals surface area contributed by atoms with Crippen LogP contribution >= 0.6 is 11.3 Å². The monoisotopic (exact) mass is 369 g/mol. The Balaban J connectivity index is 1.58. The summed E-state index contributed by atoms with van der Waals surface area (Å²) >= 11 is 1.57. The van der Waals surface area contributed by atoms with E-state index in [4.69, 9.17) is 5.26 Å². The summed E-state index contributed by atoms with van der Waals surface area (Å²) in [7, 11) is 0. The molecule has 3 aromatic heterocycles. The maximum absolute atomic E-state index is 8.92. The van der Waals surface area contributed by atoms with Crippen molar-refractivity contribution < 1.29 is 0 Å². The van der Waals surface area contributed by atoms with Crippen LogP contribution in [0.1, 0.15) is 11.1 Å². The second kappa shape index (κ2) is 7.36. The van der Waals surface area contributed by atoms with Crippen molar-refractivity contribution in [1.82, 2.24) is 15.0 Å². The molecule has 0 amide bonds. The molecule has 3 heterocycles. The zero-order valence-corrected chi connectivity index (χ0v) is 15.4. The number of nitriles is 1. The Morgan fingerprint density at radius 1 is 0.926 bits per heavy atom. The van der Waals surface area contributed by atoms with E-state index in [-0.39, 0.29) is 0 Å². The molecule has 4 aromatic rings. The molecule has 0 aliphatic heterocycles. The highest BCUT2D eigenvalue weighted by molar-refractivity contribution is 7.18. The molecule has 0 bridgehead atoms. The first kappa shape index (κ1) is 16.9. The van der Waals surface area contributed by atoms with E-state index >= 15 is 0 Å². The van der Waals surface area contributed by atoms with Crippen LogP contribution in [-0.4, -0.2) is 15.0 Å². The van der Waals surface area contributed by atoms with E-state index in [1.165, 1.54) is 0 Å². The minimum Gasteiger partial charge on any atom is -0.325 e. The van der Waals surface area contributed by atoms with E-state index < -0.39 is 0 Å². The Bertz CT molecular complexity index is 1110. The highest BCUT2D eigenvalue weighted by atomic mass is 32.1. The Hall–Kier alpha value is -3.56. The van der Waals surface area contributed by atoms with Crippen LogP contribution in [0.3, 0.4) is 0 Å². The van der Waals surface area contributed by atoms with Gasteiger partial charge >= 0.3 is 0 Å². The van der Waals surface area contributed by atoms with E-state index in [0.717, 1.165) is 38.3 Å². The van der Waals surface area contributed by atoms with Crippen molar-refractivity contribution in [3.05, 3.63) is 78.1 Å². The quantitative estimate of drug-likeness (QED) is 0.536. The zero-order chi connectivity index (χ0) is 18.6. The lowest BCUT2D eigenvalue weighted by Gasteiger charge is -2.06. The molecule has 0 aliphatic carbocycles. The highest BCUT2D eigenvalue weighted by Gasteiger charge is 2.09. The van der Waals surface area contributed by atoms with Crippen molar-refractivity contribution in [2.24, 2.45) is 0 Å². The van der Waals surface area contributed by atoms with E-state index in [1.54, 1.807) is 23.5 Å². The highest BCUT2D eigenvalue weighted by Crippen LogP contribution is 2.31. The van der Waals surface area contributed by atoms with Gasteiger partial charge < -0.3 is 5.32 Å². The summed E-state index contributed by atoms with van der Waals surface area (Å²) in [6.07, 6.45) is 3.65. The summed E-state index contributed by atoms with van der Waals surface area (Å²) in [4.78, 5) is 14.5. The summed E-state index contributed by atoms with van der Waals surface area (Å²) in [5.41, 5.74) is 3.59. The molecule has 1 N–H and O–H groups in total. The molecule has 0 spiro atoms. The molecule has 130 valence electrons. The first-order chi connectivity index (χ1) is 13.2. The molecule has 6 heteroatoms. The Morgan fingerprint density at radius 2 is 1.78 bits per heavy atom. The average Bonchev–Trinajstić information content (AvgIpc) is 3.20. The van der Waals surface area contributed by atoms with Crippen LogP contribution < -0.4 is 5.32 Å². The molecular weight excluding hydrogens is 354 g/mol. The van der Waals surface area contributed by atoms with Crippen molar-refractivity contribution in [3.63, 3.8) is 0 Å². The van der Waals surface area contributed by atoms with Crippen molar-refractivity contribution >= 4 is 23.0 Å². The summed E-state index contributed by atoms with van der Waals surface area (Å²) in [5.74, 6) is 1.49. The van der Waals surface area contributed by atoms with Crippen molar-refractivity contribution in [2.45, 2.75) is 6.92 Å². The van der Waals surface area contributed by atoms with Gasteiger partial charge in [0.15, 0.2) is 0 Å². The fourth-order valence-corrected chi connectivity index (χ4v) is 3.42. The molecule has 0 unspecified atom stereocenters. The molecule has 0 atom stereocenters.